The summed E-state index contributed by atoms with van der Waals surface area (Å²) in [5, 5.41) is 8.62. The molecule has 0 saturated heterocycles. The minimum Gasteiger partial charge on any atom is -0.464 e. The van der Waals surface area contributed by atoms with Crippen molar-refractivity contribution in [3.63, 3.8) is 0 Å². The second-order valence-corrected chi connectivity index (χ2v) is 8.94. The Labute approximate surface area is 186 Å². The molecule has 1 N–H and O–H groups in total. The Morgan fingerprint density at radius 3 is 2.52 bits per heavy atom. The number of carbonyl (C=O) groups excluding carboxylic acids is 2. The Balaban J connectivity index is 2.20. The molecule has 0 aliphatic heterocycles. The van der Waals surface area contributed by atoms with Gasteiger partial charge in [-0.1, -0.05) is 23.5 Å². The summed E-state index contributed by atoms with van der Waals surface area (Å²) in [6, 6.07) is 8.32. The molecular weight excluding hydrogens is 412 g/mol. The largest absolute Gasteiger partial charge is 0.464 e. The summed E-state index contributed by atoms with van der Waals surface area (Å²) in [7, 11) is 0. The van der Waals surface area contributed by atoms with Crippen molar-refractivity contribution in [2.24, 2.45) is 0 Å². The molecular formula is C23H28N4O3S. The molecule has 0 bridgehead atoms. The fourth-order valence-electron chi connectivity index (χ4n) is 3.19. The van der Waals surface area contributed by atoms with Crippen molar-refractivity contribution in [3.05, 3.63) is 64.1 Å². The van der Waals surface area contributed by atoms with E-state index in [-0.39, 0.29) is 11.6 Å². The monoisotopic (exact) mass is 440 g/mol. The minimum absolute atomic E-state index is 0.182. The molecule has 1 aromatic carbocycles. The first-order valence-electron chi connectivity index (χ1n) is 10.2. The van der Waals surface area contributed by atoms with E-state index in [1.807, 2.05) is 59.7 Å². The lowest BCUT2D eigenvalue weighted by Gasteiger charge is -2.33. The predicted molar refractivity (Wildman–Crippen MR) is 121 cm³/mol. The molecule has 0 saturated carbocycles. The van der Waals surface area contributed by atoms with Gasteiger partial charge in [-0.05, 0) is 81.9 Å². The number of nitrogens with zero attached hydrogens (tertiary/aromatic N) is 3. The van der Waals surface area contributed by atoms with Crippen LogP contribution in [0, 0.1) is 20.8 Å². The van der Waals surface area contributed by atoms with E-state index in [2.05, 4.69) is 14.9 Å². The van der Waals surface area contributed by atoms with Crippen LogP contribution in [0.25, 0.3) is 0 Å². The molecule has 8 heteroatoms. The number of furan rings is 1. The summed E-state index contributed by atoms with van der Waals surface area (Å²) in [4.78, 5) is 28.7. The van der Waals surface area contributed by atoms with Gasteiger partial charge < -0.3 is 9.73 Å². The van der Waals surface area contributed by atoms with E-state index >= 15 is 0 Å². The van der Waals surface area contributed by atoms with Crippen LogP contribution in [0.5, 0.6) is 0 Å². The van der Waals surface area contributed by atoms with Crippen molar-refractivity contribution in [2.75, 3.05) is 4.90 Å². The molecule has 2 amide bonds. The molecule has 0 radical (unpaired) electrons. The van der Waals surface area contributed by atoms with E-state index in [0.717, 1.165) is 29.1 Å². The summed E-state index contributed by atoms with van der Waals surface area (Å²) in [5.74, 6) is 0.315. The highest BCUT2D eigenvalue weighted by Gasteiger charge is 2.38. The molecule has 164 valence electrons. The maximum absolute atomic E-state index is 13.6. The smallest absolute Gasteiger partial charge is 0.280 e. The molecule has 2 heterocycles. The lowest BCUT2D eigenvalue weighted by atomic mass is 10.00. The lowest BCUT2D eigenvalue weighted by Crippen LogP contribution is -2.50. The Kier molecular flexibility index (Phi) is 6.59. The Morgan fingerprint density at radius 1 is 1.19 bits per heavy atom. The number of anilines is 1. The van der Waals surface area contributed by atoms with Gasteiger partial charge in [0.25, 0.3) is 11.8 Å². The fourth-order valence-corrected chi connectivity index (χ4v) is 3.62. The molecule has 3 aromatic rings. The van der Waals surface area contributed by atoms with E-state index in [0.29, 0.717) is 17.2 Å². The number of benzene rings is 1. The Morgan fingerprint density at radius 2 is 1.94 bits per heavy atom. The average molecular weight is 441 g/mol. The van der Waals surface area contributed by atoms with Gasteiger partial charge in [-0.3, -0.25) is 14.5 Å². The molecule has 2 aromatic heterocycles. The number of hydrogen-bond donors (Lipinski definition) is 1. The number of hydrogen-bond acceptors (Lipinski definition) is 6. The molecule has 0 unspecified atom stereocenters. The van der Waals surface area contributed by atoms with Gasteiger partial charge in [-0.2, -0.15) is 0 Å². The van der Waals surface area contributed by atoms with Crippen molar-refractivity contribution in [1.29, 1.82) is 0 Å². The van der Waals surface area contributed by atoms with Crippen LogP contribution in [0.2, 0.25) is 0 Å². The van der Waals surface area contributed by atoms with Crippen LogP contribution in [0.4, 0.5) is 5.69 Å². The van der Waals surface area contributed by atoms with Gasteiger partial charge in [-0.25, -0.2) is 0 Å². The number of aromatic nitrogens is 2. The van der Waals surface area contributed by atoms with Crippen molar-refractivity contribution >= 4 is 29.0 Å². The summed E-state index contributed by atoms with van der Waals surface area (Å²) >= 11 is 1.09. The van der Waals surface area contributed by atoms with Crippen LogP contribution < -0.4 is 10.2 Å². The topological polar surface area (TPSA) is 88.3 Å². The van der Waals surface area contributed by atoms with Crippen LogP contribution in [0.3, 0.4) is 0 Å². The maximum atomic E-state index is 13.6. The third-order valence-electron chi connectivity index (χ3n) is 5.30. The zero-order chi connectivity index (χ0) is 22.8. The zero-order valence-corrected chi connectivity index (χ0v) is 19.5. The van der Waals surface area contributed by atoms with Crippen LogP contribution in [-0.2, 0) is 4.79 Å². The first-order chi connectivity index (χ1) is 14.6. The standard InChI is InChI=1S/C23H28N4O3S/c1-7-23(5,6)24-21(28)20(19-11-10-16(4)30-19)27(22(29)17-13-31-26-25-17)18-12-14(2)8-9-15(18)3/h8-13,20H,7H2,1-6H3,(H,24,28)/t20-/m0/s1. The van der Waals surface area contributed by atoms with Crippen molar-refractivity contribution < 1.29 is 14.0 Å². The Bertz CT molecular complexity index is 1070. The summed E-state index contributed by atoms with van der Waals surface area (Å²) in [6.07, 6.45) is 0.732. The van der Waals surface area contributed by atoms with Gasteiger partial charge >= 0.3 is 0 Å². The number of nitrogens with one attached hydrogen (secondary N) is 1. The molecule has 0 spiro atoms. The number of rotatable bonds is 7. The molecule has 1 atom stereocenters. The van der Waals surface area contributed by atoms with E-state index in [9.17, 15) is 9.59 Å². The molecule has 3 rings (SSSR count). The Hall–Kier alpha value is -3.00. The highest BCUT2D eigenvalue weighted by atomic mass is 32.1. The highest BCUT2D eigenvalue weighted by Crippen LogP contribution is 2.34. The van der Waals surface area contributed by atoms with Crippen molar-refractivity contribution in [2.45, 2.75) is 59.5 Å². The third-order valence-corrected chi connectivity index (χ3v) is 5.81. The number of aryl methyl sites for hydroxylation is 3. The first-order valence-corrected chi connectivity index (χ1v) is 11.0. The summed E-state index contributed by atoms with van der Waals surface area (Å²) < 4.78 is 9.70. The summed E-state index contributed by atoms with van der Waals surface area (Å²) in [6.45, 7) is 11.6. The number of carbonyl (C=O) groups is 2. The third kappa shape index (κ3) is 5.02. The zero-order valence-electron chi connectivity index (χ0n) is 18.7. The van der Waals surface area contributed by atoms with E-state index in [1.54, 1.807) is 17.5 Å². The van der Waals surface area contributed by atoms with E-state index in [1.165, 1.54) is 4.90 Å². The molecule has 0 fully saturated rings. The van der Waals surface area contributed by atoms with Gasteiger partial charge in [0.1, 0.15) is 11.5 Å². The van der Waals surface area contributed by atoms with Gasteiger partial charge in [0.15, 0.2) is 11.7 Å². The van der Waals surface area contributed by atoms with Crippen molar-refractivity contribution in [3.8, 4) is 0 Å². The number of amides is 2. The molecule has 7 nitrogen and oxygen atoms in total. The quantitative estimate of drug-likeness (QED) is 0.573. The van der Waals surface area contributed by atoms with Crippen molar-refractivity contribution in [1.82, 2.24) is 14.9 Å². The second-order valence-electron chi connectivity index (χ2n) is 8.33. The minimum atomic E-state index is -1.01. The normalized spacial score (nSPS) is 12.5. The van der Waals surface area contributed by atoms with Crippen LogP contribution in [0.1, 0.15) is 66.4 Å². The van der Waals surface area contributed by atoms with E-state index < -0.39 is 17.5 Å². The van der Waals surface area contributed by atoms with Gasteiger partial charge in [0.05, 0.1) is 0 Å². The second kappa shape index (κ2) is 9.01. The van der Waals surface area contributed by atoms with Gasteiger partial charge in [-0.15, -0.1) is 5.10 Å². The first kappa shape index (κ1) is 22.7. The van der Waals surface area contributed by atoms with Crippen LogP contribution in [-0.4, -0.2) is 26.9 Å². The van der Waals surface area contributed by atoms with Crippen LogP contribution in [0.15, 0.2) is 40.1 Å². The lowest BCUT2D eigenvalue weighted by molar-refractivity contribution is -0.124. The highest BCUT2D eigenvalue weighted by molar-refractivity contribution is 7.03. The molecule has 0 aliphatic rings. The average Bonchev–Trinajstić information content (AvgIpc) is 3.39. The summed E-state index contributed by atoms with van der Waals surface area (Å²) in [5.41, 5.74) is 2.19. The predicted octanol–water partition coefficient (Wildman–Crippen LogP) is 4.75. The van der Waals surface area contributed by atoms with Crippen LogP contribution >= 0.6 is 11.5 Å². The van der Waals surface area contributed by atoms with E-state index in [4.69, 9.17) is 4.42 Å². The van der Waals surface area contributed by atoms with Gasteiger partial charge in [0, 0.05) is 16.6 Å². The molecule has 31 heavy (non-hydrogen) atoms. The van der Waals surface area contributed by atoms with Gasteiger partial charge in [0.2, 0.25) is 0 Å². The maximum Gasteiger partial charge on any atom is 0.280 e. The fraction of sp³-hybridized carbons (Fsp3) is 0.391. The molecule has 0 aliphatic carbocycles. The SMILES string of the molecule is CCC(C)(C)NC(=O)[C@H](c1ccc(C)o1)N(C(=O)c1csnn1)c1cc(C)ccc1C.